The first-order valence-corrected chi connectivity index (χ1v) is 6.93. The van der Waals surface area contributed by atoms with Crippen LogP contribution in [0, 0.1) is 0 Å². The van der Waals surface area contributed by atoms with Gasteiger partial charge in [-0.1, -0.05) is 6.07 Å². The molecular formula is C16H16N2O4. The molecule has 6 nitrogen and oxygen atoms in total. The van der Waals surface area contributed by atoms with Gasteiger partial charge in [-0.05, 0) is 42.2 Å². The van der Waals surface area contributed by atoms with Crippen LogP contribution in [-0.2, 0) is 12.8 Å². The van der Waals surface area contributed by atoms with Gasteiger partial charge in [0.15, 0.2) is 5.75 Å². The van der Waals surface area contributed by atoms with Gasteiger partial charge in [0.1, 0.15) is 0 Å². The topological polar surface area (TPSA) is 82.6 Å². The normalized spacial score (nSPS) is 12.3. The van der Waals surface area contributed by atoms with Crippen LogP contribution in [0.25, 0.3) is 11.3 Å². The van der Waals surface area contributed by atoms with Crippen molar-refractivity contribution >= 4 is 11.8 Å². The van der Waals surface area contributed by atoms with Crippen LogP contribution < -0.4 is 15.2 Å². The van der Waals surface area contributed by atoms with Gasteiger partial charge >= 0.3 is 6.16 Å². The molecule has 0 saturated heterocycles. The number of benzene rings is 1. The van der Waals surface area contributed by atoms with Crippen LogP contribution in [0.15, 0.2) is 29.1 Å². The number of nitrogens with one attached hydrogen (secondary N) is 1. The number of nitrogens with zero attached hydrogens (tertiary/aromatic N) is 1. The number of fused-ring (bicyclic) bond motifs is 3. The summed E-state index contributed by atoms with van der Waals surface area (Å²) in [5.41, 5.74) is 4.35. The molecule has 1 aliphatic carbocycles. The maximum atomic E-state index is 12.0. The van der Waals surface area contributed by atoms with Gasteiger partial charge in [0.05, 0.1) is 5.69 Å². The molecule has 1 aliphatic rings. The van der Waals surface area contributed by atoms with E-state index in [4.69, 9.17) is 5.11 Å². The predicted octanol–water partition coefficient (Wildman–Crippen LogP) is 2.26. The van der Waals surface area contributed by atoms with Crippen molar-refractivity contribution in [3.63, 3.8) is 0 Å². The molecule has 0 unspecified atom stereocenters. The van der Waals surface area contributed by atoms with Crippen molar-refractivity contribution < 1.29 is 14.6 Å². The van der Waals surface area contributed by atoms with Crippen LogP contribution in [0.3, 0.4) is 0 Å². The number of carbonyl (C=O) groups is 1. The standard InChI is InChI=1S/C16H16N2O4/c1-18(2)11-5-6-12-9(7-11)3-4-10-8-13(22-16(20)21)15(19)17-14(10)12/h5-8H,3-4H2,1-2H3,(H,17,19)(H,20,21). The first kappa shape index (κ1) is 14.2. The average molecular weight is 300 g/mol. The molecule has 1 heterocycles. The summed E-state index contributed by atoms with van der Waals surface area (Å²) in [6.45, 7) is 0. The predicted molar refractivity (Wildman–Crippen MR) is 82.9 cm³/mol. The van der Waals surface area contributed by atoms with Crippen molar-refractivity contribution in [2.45, 2.75) is 12.8 Å². The Labute approximate surface area is 127 Å². The highest BCUT2D eigenvalue weighted by Gasteiger charge is 2.20. The number of H-pyrrole nitrogens is 1. The molecule has 6 heteroatoms. The summed E-state index contributed by atoms with van der Waals surface area (Å²) in [7, 11) is 3.96. The lowest BCUT2D eigenvalue weighted by Gasteiger charge is -2.22. The number of aryl methyl sites for hydroxylation is 2. The lowest BCUT2D eigenvalue weighted by Crippen LogP contribution is -2.19. The number of carboxylic acid groups (broad SMARTS) is 1. The number of aromatic amines is 1. The number of ether oxygens (including phenoxy) is 1. The summed E-state index contributed by atoms with van der Waals surface area (Å²) < 4.78 is 4.52. The molecule has 22 heavy (non-hydrogen) atoms. The van der Waals surface area contributed by atoms with Gasteiger partial charge in [-0.2, -0.15) is 0 Å². The van der Waals surface area contributed by atoms with E-state index in [9.17, 15) is 9.59 Å². The lowest BCUT2D eigenvalue weighted by molar-refractivity contribution is 0.143. The van der Waals surface area contributed by atoms with Gasteiger partial charge in [0.2, 0.25) is 0 Å². The Hall–Kier alpha value is -2.76. The van der Waals surface area contributed by atoms with E-state index in [0.29, 0.717) is 0 Å². The summed E-state index contributed by atoms with van der Waals surface area (Å²) in [5, 5.41) is 8.66. The monoisotopic (exact) mass is 300 g/mol. The second kappa shape index (κ2) is 5.22. The van der Waals surface area contributed by atoms with Crippen molar-refractivity contribution in [2.24, 2.45) is 0 Å². The lowest BCUT2D eigenvalue weighted by atomic mass is 9.88. The first-order valence-electron chi connectivity index (χ1n) is 6.93. The largest absolute Gasteiger partial charge is 0.511 e. The molecule has 0 aliphatic heterocycles. The highest BCUT2D eigenvalue weighted by atomic mass is 16.7. The molecule has 1 aromatic heterocycles. The summed E-state index contributed by atoms with van der Waals surface area (Å²) in [6, 6.07) is 7.60. The third-order valence-corrected chi connectivity index (χ3v) is 3.82. The van der Waals surface area contributed by atoms with Crippen LogP contribution in [0.1, 0.15) is 11.1 Å². The van der Waals surface area contributed by atoms with Gasteiger partial charge in [-0.3, -0.25) is 4.79 Å². The van der Waals surface area contributed by atoms with Crippen LogP contribution in [0.2, 0.25) is 0 Å². The van der Waals surface area contributed by atoms with Crippen LogP contribution >= 0.6 is 0 Å². The SMILES string of the molecule is CN(C)c1ccc2c(c1)CCc1cc(OC(=O)O)c(=O)[nH]c1-2. The van der Waals surface area contributed by atoms with E-state index in [1.165, 1.54) is 11.6 Å². The number of hydrogen-bond donors (Lipinski definition) is 2. The molecule has 0 bridgehead atoms. The number of rotatable bonds is 2. The molecule has 0 atom stereocenters. The van der Waals surface area contributed by atoms with Gasteiger partial charge in [-0.15, -0.1) is 0 Å². The second-order valence-corrected chi connectivity index (χ2v) is 5.47. The maximum absolute atomic E-state index is 12.0. The maximum Gasteiger partial charge on any atom is 0.511 e. The summed E-state index contributed by atoms with van der Waals surface area (Å²) in [4.78, 5) is 27.3. The highest BCUT2D eigenvalue weighted by Crippen LogP contribution is 2.34. The van der Waals surface area contributed by atoms with Gasteiger partial charge in [-0.25, -0.2) is 4.79 Å². The van der Waals surface area contributed by atoms with Crippen molar-refractivity contribution in [2.75, 3.05) is 19.0 Å². The molecular weight excluding hydrogens is 284 g/mol. The van der Waals surface area contributed by atoms with E-state index >= 15 is 0 Å². The van der Waals surface area contributed by atoms with Gasteiger partial charge < -0.3 is 19.7 Å². The summed E-state index contributed by atoms with van der Waals surface area (Å²) in [6.07, 6.45) is 0.0754. The molecule has 114 valence electrons. The Balaban J connectivity index is 2.09. The Morgan fingerprint density at radius 1 is 1.23 bits per heavy atom. The highest BCUT2D eigenvalue weighted by molar-refractivity contribution is 5.73. The molecule has 2 N–H and O–H groups in total. The molecule has 0 fully saturated rings. The van der Waals surface area contributed by atoms with E-state index in [-0.39, 0.29) is 5.75 Å². The average Bonchev–Trinajstić information content (AvgIpc) is 2.47. The number of aromatic nitrogens is 1. The Morgan fingerprint density at radius 2 is 1.95 bits per heavy atom. The van der Waals surface area contributed by atoms with Crippen molar-refractivity contribution in [3.8, 4) is 17.0 Å². The molecule has 0 spiro atoms. The Bertz CT molecular complexity index is 808. The Morgan fingerprint density at radius 3 is 2.64 bits per heavy atom. The number of hydrogen-bond acceptors (Lipinski definition) is 4. The molecule has 3 rings (SSSR count). The van der Waals surface area contributed by atoms with E-state index in [0.717, 1.165) is 35.3 Å². The smallest absolute Gasteiger partial charge is 0.449 e. The quantitative estimate of drug-likeness (QED) is 0.831. The molecule has 0 amide bonds. The zero-order valence-electron chi connectivity index (χ0n) is 12.3. The van der Waals surface area contributed by atoms with Gasteiger partial charge in [0.25, 0.3) is 5.56 Å². The summed E-state index contributed by atoms with van der Waals surface area (Å²) in [5.74, 6) is -0.181. The van der Waals surface area contributed by atoms with E-state index in [1.54, 1.807) is 0 Å². The zero-order chi connectivity index (χ0) is 15.9. The first-order chi connectivity index (χ1) is 10.5. The van der Waals surface area contributed by atoms with E-state index < -0.39 is 11.7 Å². The van der Waals surface area contributed by atoms with Crippen LogP contribution in [-0.4, -0.2) is 30.3 Å². The minimum Gasteiger partial charge on any atom is -0.449 e. The van der Waals surface area contributed by atoms with Crippen molar-refractivity contribution in [1.29, 1.82) is 0 Å². The molecule has 2 aromatic rings. The minimum atomic E-state index is -1.49. The molecule has 0 saturated carbocycles. The fourth-order valence-corrected chi connectivity index (χ4v) is 2.74. The van der Waals surface area contributed by atoms with Crippen LogP contribution in [0.5, 0.6) is 5.75 Å². The molecule has 0 radical (unpaired) electrons. The molecule has 1 aromatic carbocycles. The third-order valence-electron chi connectivity index (χ3n) is 3.82. The summed E-state index contributed by atoms with van der Waals surface area (Å²) >= 11 is 0. The van der Waals surface area contributed by atoms with Gasteiger partial charge in [0, 0.05) is 25.3 Å². The van der Waals surface area contributed by atoms with E-state index in [1.807, 2.05) is 31.1 Å². The fraction of sp³-hybridized carbons (Fsp3) is 0.250. The Kier molecular flexibility index (Phi) is 3.36. The fourth-order valence-electron chi connectivity index (χ4n) is 2.74. The zero-order valence-corrected chi connectivity index (χ0v) is 12.3. The number of anilines is 1. The van der Waals surface area contributed by atoms with Crippen molar-refractivity contribution in [3.05, 3.63) is 45.7 Å². The minimum absolute atomic E-state index is 0.181. The van der Waals surface area contributed by atoms with Crippen molar-refractivity contribution in [1.82, 2.24) is 4.98 Å². The number of pyridine rings is 1. The van der Waals surface area contributed by atoms with Crippen LogP contribution in [0.4, 0.5) is 10.5 Å². The van der Waals surface area contributed by atoms with E-state index in [2.05, 4.69) is 15.8 Å². The second-order valence-electron chi connectivity index (χ2n) is 5.47. The third kappa shape index (κ3) is 2.43.